The Hall–Kier alpha value is -0.610. The second-order valence-electron chi connectivity index (χ2n) is 4.56. The van der Waals surface area contributed by atoms with Crippen molar-refractivity contribution in [2.75, 3.05) is 13.1 Å². The summed E-state index contributed by atoms with van der Waals surface area (Å²) in [7, 11) is 0. The summed E-state index contributed by atoms with van der Waals surface area (Å²) >= 11 is 0. The summed E-state index contributed by atoms with van der Waals surface area (Å²) in [6, 6.07) is -0.0252. The van der Waals surface area contributed by atoms with Gasteiger partial charge >= 0.3 is 0 Å². The second kappa shape index (κ2) is 6.08. The molecule has 2 atom stereocenters. The Labute approximate surface area is 92.2 Å². The van der Waals surface area contributed by atoms with Crippen molar-refractivity contribution < 1.29 is 4.79 Å². The van der Waals surface area contributed by atoms with Crippen molar-refractivity contribution in [3.05, 3.63) is 0 Å². The maximum atomic E-state index is 11.6. The molecular formula is C11H23N3O. The molecule has 88 valence electrons. The number of carbonyl (C=O) groups is 1. The van der Waals surface area contributed by atoms with Crippen LogP contribution in [0.25, 0.3) is 0 Å². The molecule has 1 saturated heterocycles. The van der Waals surface area contributed by atoms with Gasteiger partial charge in [0.15, 0.2) is 0 Å². The van der Waals surface area contributed by atoms with Crippen molar-refractivity contribution in [1.29, 1.82) is 0 Å². The van der Waals surface area contributed by atoms with Crippen LogP contribution in [0.2, 0.25) is 0 Å². The van der Waals surface area contributed by atoms with Crippen LogP contribution in [0.15, 0.2) is 0 Å². The molecule has 4 heteroatoms. The first-order valence-electron chi connectivity index (χ1n) is 5.93. The van der Waals surface area contributed by atoms with Gasteiger partial charge in [0.25, 0.3) is 5.91 Å². The van der Waals surface area contributed by atoms with Crippen LogP contribution in [0.1, 0.15) is 39.5 Å². The topological polar surface area (TPSA) is 58.4 Å². The first-order chi connectivity index (χ1) is 7.19. The van der Waals surface area contributed by atoms with Gasteiger partial charge in [-0.2, -0.15) is 0 Å². The van der Waals surface area contributed by atoms with Crippen LogP contribution in [0, 0.1) is 5.92 Å². The lowest BCUT2D eigenvalue weighted by atomic mass is 9.97. The fourth-order valence-electron chi connectivity index (χ4n) is 2.36. The number of carbonyl (C=O) groups excluding carboxylic acids is 1. The van der Waals surface area contributed by atoms with Gasteiger partial charge in [0.1, 0.15) is 0 Å². The van der Waals surface area contributed by atoms with E-state index in [1.807, 2.05) is 0 Å². The molecule has 0 aromatic carbocycles. The van der Waals surface area contributed by atoms with Gasteiger partial charge in [-0.1, -0.05) is 20.3 Å². The molecule has 1 aliphatic rings. The first kappa shape index (κ1) is 12.5. The van der Waals surface area contributed by atoms with Crippen molar-refractivity contribution in [3.8, 4) is 0 Å². The van der Waals surface area contributed by atoms with Crippen LogP contribution >= 0.6 is 0 Å². The lowest BCUT2D eigenvalue weighted by Gasteiger charge is -2.36. The minimum absolute atomic E-state index is 0.0252. The predicted molar refractivity (Wildman–Crippen MR) is 61.0 cm³/mol. The van der Waals surface area contributed by atoms with Gasteiger partial charge < -0.3 is 0 Å². The molecule has 4 nitrogen and oxygen atoms in total. The normalized spacial score (nSPS) is 24.9. The van der Waals surface area contributed by atoms with E-state index < -0.39 is 0 Å². The summed E-state index contributed by atoms with van der Waals surface area (Å²) in [5.41, 5.74) is 2.28. The summed E-state index contributed by atoms with van der Waals surface area (Å²) in [5.74, 6) is 5.88. The minimum Gasteiger partial charge on any atom is -0.293 e. The monoisotopic (exact) mass is 213 g/mol. The molecule has 1 fully saturated rings. The number of hydrogen-bond donors (Lipinski definition) is 2. The van der Waals surface area contributed by atoms with Gasteiger partial charge in [0, 0.05) is 6.54 Å². The standard InChI is InChI=1S/C11H23N3O/c1-3-5-10(11(15)13-12)14-7-4-6-9(2)8-14/h9-10H,3-8,12H2,1-2H3,(H,13,15)/t9-,10+/m1/s1. The highest BCUT2D eigenvalue weighted by atomic mass is 16.2. The summed E-state index contributed by atoms with van der Waals surface area (Å²) in [5, 5.41) is 0. The largest absolute Gasteiger partial charge is 0.293 e. The predicted octanol–water partition coefficient (Wildman–Crippen LogP) is 0.877. The molecule has 0 bridgehead atoms. The highest BCUT2D eigenvalue weighted by Gasteiger charge is 2.27. The third-order valence-corrected chi connectivity index (χ3v) is 3.14. The molecule has 1 amide bonds. The lowest BCUT2D eigenvalue weighted by Crippen LogP contribution is -2.51. The zero-order valence-electron chi connectivity index (χ0n) is 9.83. The first-order valence-corrected chi connectivity index (χ1v) is 5.93. The van der Waals surface area contributed by atoms with E-state index in [1.54, 1.807) is 0 Å². The third-order valence-electron chi connectivity index (χ3n) is 3.14. The van der Waals surface area contributed by atoms with Gasteiger partial charge in [0.05, 0.1) is 6.04 Å². The van der Waals surface area contributed by atoms with E-state index in [2.05, 4.69) is 24.2 Å². The van der Waals surface area contributed by atoms with Gasteiger partial charge in [-0.05, 0) is 31.7 Å². The van der Waals surface area contributed by atoms with E-state index in [4.69, 9.17) is 5.84 Å². The number of hydrazine groups is 1. The van der Waals surface area contributed by atoms with Crippen molar-refractivity contribution in [3.63, 3.8) is 0 Å². The molecule has 0 aromatic rings. The average molecular weight is 213 g/mol. The number of nitrogens with zero attached hydrogens (tertiary/aromatic N) is 1. The highest BCUT2D eigenvalue weighted by Crippen LogP contribution is 2.19. The molecule has 1 aliphatic heterocycles. The van der Waals surface area contributed by atoms with Gasteiger partial charge in [-0.25, -0.2) is 5.84 Å². The van der Waals surface area contributed by atoms with Crippen molar-refractivity contribution in [2.24, 2.45) is 11.8 Å². The Kier molecular flexibility index (Phi) is 5.05. The molecule has 1 heterocycles. The van der Waals surface area contributed by atoms with Crippen molar-refractivity contribution in [1.82, 2.24) is 10.3 Å². The van der Waals surface area contributed by atoms with Crippen LogP contribution in [0.5, 0.6) is 0 Å². The number of nitrogens with two attached hydrogens (primary N) is 1. The molecule has 0 unspecified atom stereocenters. The van der Waals surface area contributed by atoms with E-state index in [1.165, 1.54) is 12.8 Å². The molecule has 0 aromatic heterocycles. The zero-order valence-corrected chi connectivity index (χ0v) is 9.83. The van der Waals surface area contributed by atoms with Gasteiger partial charge in [-0.3, -0.25) is 15.1 Å². The molecule has 0 saturated carbocycles. The average Bonchev–Trinajstić information content (AvgIpc) is 2.25. The van der Waals surface area contributed by atoms with Crippen LogP contribution < -0.4 is 11.3 Å². The van der Waals surface area contributed by atoms with E-state index in [9.17, 15) is 4.79 Å². The summed E-state index contributed by atoms with van der Waals surface area (Å²) in [6.07, 6.45) is 4.39. The lowest BCUT2D eigenvalue weighted by molar-refractivity contribution is -0.127. The van der Waals surface area contributed by atoms with Crippen LogP contribution in [-0.4, -0.2) is 29.9 Å². The van der Waals surface area contributed by atoms with Gasteiger partial charge in [0.2, 0.25) is 0 Å². The number of nitrogens with one attached hydrogen (secondary N) is 1. The maximum Gasteiger partial charge on any atom is 0.251 e. The van der Waals surface area contributed by atoms with Gasteiger partial charge in [-0.15, -0.1) is 0 Å². The minimum atomic E-state index is -0.0362. The van der Waals surface area contributed by atoms with Crippen LogP contribution in [-0.2, 0) is 4.79 Å². The Morgan fingerprint density at radius 3 is 2.93 bits per heavy atom. The fourth-order valence-corrected chi connectivity index (χ4v) is 2.36. The molecule has 1 rings (SSSR count). The number of hydrogen-bond acceptors (Lipinski definition) is 3. The second-order valence-corrected chi connectivity index (χ2v) is 4.56. The van der Waals surface area contributed by atoms with Crippen molar-refractivity contribution >= 4 is 5.91 Å². The maximum absolute atomic E-state index is 11.6. The third kappa shape index (κ3) is 3.47. The molecule has 3 N–H and O–H groups in total. The molecular weight excluding hydrogens is 190 g/mol. The van der Waals surface area contributed by atoms with E-state index >= 15 is 0 Å². The smallest absolute Gasteiger partial charge is 0.251 e. The fraction of sp³-hybridized carbons (Fsp3) is 0.909. The summed E-state index contributed by atoms with van der Waals surface area (Å²) in [4.78, 5) is 13.9. The molecule has 0 aliphatic carbocycles. The van der Waals surface area contributed by atoms with E-state index in [0.29, 0.717) is 5.92 Å². The Morgan fingerprint density at radius 2 is 2.40 bits per heavy atom. The van der Waals surface area contributed by atoms with Crippen molar-refractivity contribution in [2.45, 2.75) is 45.6 Å². The number of likely N-dealkylation sites (tertiary alicyclic amines) is 1. The van der Waals surface area contributed by atoms with E-state index in [-0.39, 0.29) is 11.9 Å². The number of piperidine rings is 1. The molecule has 0 radical (unpaired) electrons. The zero-order chi connectivity index (χ0) is 11.3. The van der Waals surface area contributed by atoms with Crippen LogP contribution in [0.3, 0.4) is 0 Å². The number of rotatable bonds is 4. The number of amides is 1. The summed E-state index contributed by atoms with van der Waals surface area (Å²) in [6.45, 7) is 6.40. The Balaban J connectivity index is 2.57. The molecule has 15 heavy (non-hydrogen) atoms. The van der Waals surface area contributed by atoms with E-state index in [0.717, 1.165) is 25.9 Å². The quantitative estimate of drug-likeness (QED) is 0.414. The highest BCUT2D eigenvalue weighted by molar-refractivity contribution is 5.81. The van der Waals surface area contributed by atoms with Crippen LogP contribution in [0.4, 0.5) is 0 Å². The Morgan fingerprint density at radius 1 is 1.67 bits per heavy atom. The Bertz CT molecular complexity index is 208. The summed E-state index contributed by atoms with van der Waals surface area (Å²) < 4.78 is 0. The molecule has 0 spiro atoms. The SMILES string of the molecule is CCC[C@@H](C(=O)NN)N1CCC[C@@H](C)C1.